The van der Waals surface area contributed by atoms with Crippen LogP contribution in [0.3, 0.4) is 0 Å². The largest absolute Gasteiger partial charge is 0.466 e. The van der Waals surface area contributed by atoms with Crippen LogP contribution in [0.2, 0.25) is 0 Å². The maximum absolute atomic E-state index is 11.6. The molecule has 0 amide bonds. The van der Waals surface area contributed by atoms with Crippen LogP contribution in [0.5, 0.6) is 0 Å². The molecule has 0 saturated carbocycles. The summed E-state index contributed by atoms with van der Waals surface area (Å²) in [6.45, 7) is 6.18. The van der Waals surface area contributed by atoms with E-state index >= 15 is 0 Å². The molecule has 0 unspecified atom stereocenters. The molecule has 0 aliphatic carbocycles. The Morgan fingerprint density at radius 2 is 1.76 bits per heavy atom. The zero-order valence-electron chi connectivity index (χ0n) is 13.2. The molecule has 0 heterocycles. The van der Waals surface area contributed by atoms with E-state index in [1.54, 1.807) is 0 Å². The van der Waals surface area contributed by atoms with Crippen molar-refractivity contribution >= 4 is 26.0 Å². The highest BCUT2D eigenvalue weighted by atomic mass is 35.7. The zero-order chi connectivity index (χ0) is 16.4. The van der Waals surface area contributed by atoms with Gasteiger partial charge < -0.3 is 4.74 Å². The Kier molecular flexibility index (Phi) is 10.2. The van der Waals surface area contributed by atoms with Gasteiger partial charge in [0.2, 0.25) is 0 Å². The molecule has 7 heteroatoms. The molecule has 0 aromatic rings. The summed E-state index contributed by atoms with van der Waals surface area (Å²) in [6.07, 6.45) is 6.27. The normalized spacial score (nSPS) is 12.4. The molecule has 0 aromatic carbocycles. The van der Waals surface area contributed by atoms with Crippen LogP contribution < -0.4 is 0 Å². The summed E-state index contributed by atoms with van der Waals surface area (Å²) in [4.78, 5) is 11.6. The average Bonchev–Trinajstić information content (AvgIpc) is 2.38. The van der Waals surface area contributed by atoms with Gasteiger partial charge in [0, 0.05) is 17.1 Å². The average molecular weight is 343 g/mol. The van der Waals surface area contributed by atoms with Gasteiger partial charge in [0.05, 0.1) is 13.2 Å². The molecule has 0 radical (unpaired) electrons. The first kappa shape index (κ1) is 20.7. The van der Waals surface area contributed by atoms with Gasteiger partial charge in [-0.05, 0) is 18.3 Å². The van der Waals surface area contributed by atoms with Crippen molar-refractivity contribution in [1.82, 2.24) is 0 Å². The van der Waals surface area contributed by atoms with E-state index in [0.29, 0.717) is 13.0 Å². The number of hydrogen-bond donors (Lipinski definition) is 0. The van der Waals surface area contributed by atoms with Crippen LogP contribution >= 0.6 is 10.7 Å². The van der Waals surface area contributed by atoms with Gasteiger partial charge in [-0.25, -0.2) is 0 Å². The molecule has 0 rings (SSSR count). The van der Waals surface area contributed by atoms with Crippen LogP contribution in [0.4, 0.5) is 0 Å². The number of carbonyl (C=O) groups excluding carboxylic acids is 1. The minimum absolute atomic E-state index is 0.0524. The molecule has 0 N–H and O–H groups in total. The van der Waals surface area contributed by atoms with Crippen molar-refractivity contribution in [2.24, 2.45) is 5.41 Å². The minimum Gasteiger partial charge on any atom is -0.466 e. The van der Waals surface area contributed by atoms with Crippen molar-refractivity contribution in [3.05, 3.63) is 0 Å². The lowest BCUT2D eigenvalue weighted by Gasteiger charge is -2.22. The summed E-state index contributed by atoms with van der Waals surface area (Å²) in [7, 11) is 1.02. The Balaban J connectivity index is 3.76. The van der Waals surface area contributed by atoms with E-state index in [-0.39, 0.29) is 19.0 Å². The van der Waals surface area contributed by atoms with E-state index in [1.165, 1.54) is 19.3 Å². The monoisotopic (exact) mass is 342 g/mol. The molecular weight excluding hydrogens is 316 g/mol. The van der Waals surface area contributed by atoms with Crippen LogP contribution in [-0.4, -0.2) is 27.6 Å². The summed E-state index contributed by atoms with van der Waals surface area (Å²) < 4.78 is 31.1. The summed E-state index contributed by atoms with van der Waals surface area (Å²) in [5.41, 5.74) is -0.456. The van der Waals surface area contributed by atoms with Gasteiger partial charge in [-0.3, -0.25) is 8.98 Å². The van der Waals surface area contributed by atoms with E-state index in [4.69, 9.17) is 15.4 Å². The second-order valence-electron chi connectivity index (χ2n) is 5.95. The van der Waals surface area contributed by atoms with Crippen LogP contribution in [0.1, 0.15) is 65.7 Å². The highest BCUT2D eigenvalue weighted by molar-refractivity contribution is 8.09. The van der Waals surface area contributed by atoms with Crippen molar-refractivity contribution in [1.29, 1.82) is 0 Å². The highest BCUT2D eigenvalue weighted by Gasteiger charge is 2.23. The highest BCUT2D eigenvalue weighted by Crippen LogP contribution is 2.24. The molecule has 0 aliphatic rings. The van der Waals surface area contributed by atoms with Gasteiger partial charge in [-0.1, -0.05) is 46.5 Å². The Hall–Kier alpha value is -0.330. The first-order chi connectivity index (χ1) is 9.66. The topological polar surface area (TPSA) is 69.7 Å². The number of ether oxygens (including phenoxy) is 1. The standard InChI is InChI=1S/C14H27ClO5S/c1-4-5-6-7-8-11-19-13(16)9-10-14(2,3)12-20-21(15,17)18/h4-12H2,1-3H3. The van der Waals surface area contributed by atoms with Crippen molar-refractivity contribution in [2.75, 3.05) is 13.2 Å². The number of halogens is 1. The third-order valence-electron chi connectivity index (χ3n) is 3.11. The third-order valence-corrected chi connectivity index (χ3v) is 3.77. The first-order valence-corrected chi connectivity index (χ1v) is 9.64. The fourth-order valence-corrected chi connectivity index (χ4v) is 2.30. The van der Waals surface area contributed by atoms with Crippen molar-refractivity contribution < 1.29 is 22.1 Å². The predicted molar refractivity (Wildman–Crippen MR) is 83.5 cm³/mol. The summed E-state index contributed by atoms with van der Waals surface area (Å²) in [6, 6.07) is 0. The van der Waals surface area contributed by atoms with Crippen molar-refractivity contribution in [2.45, 2.75) is 65.7 Å². The lowest BCUT2D eigenvalue weighted by atomic mass is 9.89. The summed E-state index contributed by atoms with van der Waals surface area (Å²) in [5.74, 6) is -0.257. The van der Waals surface area contributed by atoms with Crippen molar-refractivity contribution in [3.63, 3.8) is 0 Å². The van der Waals surface area contributed by atoms with Crippen LogP contribution in [0.15, 0.2) is 0 Å². The van der Waals surface area contributed by atoms with Crippen molar-refractivity contribution in [3.8, 4) is 0 Å². The minimum atomic E-state index is -3.97. The second-order valence-corrected chi connectivity index (χ2v) is 8.11. The van der Waals surface area contributed by atoms with Crippen LogP contribution in [0, 0.1) is 5.41 Å². The molecule has 0 saturated heterocycles. The Labute approximate surface area is 133 Å². The molecule has 0 spiro atoms. The van der Waals surface area contributed by atoms with Gasteiger partial charge in [0.1, 0.15) is 0 Å². The lowest BCUT2D eigenvalue weighted by Crippen LogP contribution is -2.22. The number of hydrogen-bond acceptors (Lipinski definition) is 5. The molecule has 0 bridgehead atoms. The predicted octanol–water partition coefficient (Wildman–Crippen LogP) is 3.81. The molecule has 5 nitrogen and oxygen atoms in total. The van der Waals surface area contributed by atoms with Gasteiger partial charge in [0.25, 0.3) is 0 Å². The van der Waals surface area contributed by atoms with Gasteiger partial charge in [-0.2, -0.15) is 8.42 Å². The number of rotatable bonds is 12. The van der Waals surface area contributed by atoms with E-state index in [0.717, 1.165) is 12.8 Å². The SMILES string of the molecule is CCCCCCCOC(=O)CCC(C)(C)COS(=O)(=O)Cl. The van der Waals surface area contributed by atoms with Gasteiger partial charge >= 0.3 is 15.3 Å². The van der Waals surface area contributed by atoms with Gasteiger partial charge in [0.15, 0.2) is 0 Å². The first-order valence-electron chi connectivity index (χ1n) is 7.41. The third kappa shape index (κ3) is 14.4. The number of unbranched alkanes of at least 4 members (excludes halogenated alkanes) is 4. The Bertz CT molecular complexity index is 392. The molecule has 0 aliphatic heterocycles. The summed E-state index contributed by atoms with van der Waals surface area (Å²) >= 11 is 0. The fraction of sp³-hybridized carbons (Fsp3) is 0.929. The summed E-state index contributed by atoms with van der Waals surface area (Å²) in [5, 5.41) is 0. The fourth-order valence-electron chi connectivity index (χ4n) is 1.71. The van der Waals surface area contributed by atoms with E-state index in [9.17, 15) is 13.2 Å². The van der Waals surface area contributed by atoms with E-state index in [2.05, 4.69) is 11.1 Å². The van der Waals surface area contributed by atoms with E-state index in [1.807, 2.05) is 13.8 Å². The molecule has 126 valence electrons. The van der Waals surface area contributed by atoms with Crippen LogP contribution in [0.25, 0.3) is 0 Å². The Morgan fingerprint density at radius 1 is 1.14 bits per heavy atom. The van der Waals surface area contributed by atoms with Gasteiger partial charge in [-0.15, -0.1) is 0 Å². The van der Waals surface area contributed by atoms with E-state index < -0.39 is 14.7 Å². The van der Waals surface area contributed by atoms with Crippen LogP contribution in [-0.2, 0) is 23.0 Å². The number of esters is 1. The smallest absolute Gasteiger partial charge is 0.355 e. The molecular formula is C14H27ClO5S. The number of carbonyl (C=O) groups is 1. The molecule has 0 atom stereocenters. The molecule has 21 heavy (non-hydrogen) atoms. The Morgan fingerprint density at radius 3 is 2.33 bits per heavy atom. The maximum atomic E-state index is 11.6. The molecule has 0 aromatic heterocycles. The maximum Gasteiger partial charge on any atom is 0.355 e. The quantitative estimate of drug-likeness (QED) is 0.306. The molecule has 0 fully saturated rings. The second kappa shape index (κ2) is 10.4. The zero-order valence-corrected chi connectivity index (χ0v) is 14.8. The lowest BCUT2D eigenvalue weighted by molar-refractivity contribution is -0.144.